The molecule has 92 valence electrons. The van der Waals surface area contributed by atoms with E-state index in [0.29, 0.717) is 13.1 Å². The van der Waals surface area contributed by atoms with Crippen LogP contribution in [-0.4, -0.2) is 46.5 Å². The summed E-state index contributed by atoms with van der Waals surface area (Å²) < 4.78 is 0. The van der Waals surface area contributed by atoms with E-state index in [-0.39, 0.29) is 23.6 Å². The van der Waals surface area contributed by atoms with Gasteiger partial charge in [-0.15, -0.1) is 0 Å². The average molecular weight is 227 g/mol. The fraction of sp³-hybridized carbons (Fsp3) is 0.818. The molecular weight excluding hydrogens is 206 g/mol. The molecule has 1 rings (SSSR count). The van der Waals surface area contributed by atoms with Crippen molar-refractivity contribution in [1.82, 2.24) is 15.1 Å². The summed E-state index contributed by atoms with van der Waals surface area (Å²) in [4.78, 5) is 26.7. The van der Waals surface area contributed by atoms with Gasteiger partial charge in [0.25, 0.3) is 0 Å². The first kappa shape index (κ1) is 12.8. The molecule has 1 aliphatic rings. The first-order valence-electron chi connectivity index (χ1n) is 5.63. The summed E-state index contributed by atoms with van der Waals surface area (Å²) in [5.74, 6) is 0. The molecule has 0 unspecified atom stereocenters. The van der Waals surface area contributed by atoms with E-state index < -0.39 is 0 Å². The zero-order valence-corrected chi connectivity index (χ0v) is 10.7. The Morgan fingerprint density at radius 2 is 1.88 bits per heavy atom. The molecule has 0 bridgehead atoms. The van der Waals surface area contributed by atoms with E-state index in [1.165, 1.54) is 4.90 Å². The van der Waals surface area contributed by atoms with Gasteiger partial charge in [-0.3, -0.25) is 0 Å². The predicted molar refractivity (Wildman–Crippen MR) is 62.2 cm³/mol. The highest BCUT2D eigenvalue weighted by Gasteiger charge is 2.38. The molecule has 16 heavy (non-hydrogen) atoms. The minimum Gasteiger partial charge on any atom is -0.335 e. The Bertz CT molecular complexity index is 294. The Hall–Kier alpha value is -1.26. The molecule has 0 aromatic rings. The number of nitrogens with zero attached hydrogens (tertiary/aromatic N) is 2. The minimum atomic E-state index is -0.299. The highest BCUT2D eigenvalue weighted by molar-refractivity contribution is 5.95. The van der Waals surface area contributed by atoms with Gasteiger partial charge < -0.3 is 10.2 Å². The summed E-state index contributed by atoms with van der Waals surface area (Å²) >= 11 is 0. The number of amides is 4. The van der Waals surface area contributed by atoms with Gasteiger partial charge in [0.2, 0.25) is 0 Å². The van der Waals surface area contributed by atoms with Gasteiger partial charge in [0.1, 0.15) is 0 Å². The van der Waals surface area contributed by atoms with E-state index in [2.05, 4.69) is 5.32 Å². The number of carbonyl (C=O) groups excluding carboxylic acids is 2. The third kappa shape index (κ3) is 2.65. The Balaban J connectivity index is 2.68. The number of hydrogen-bond acceptors (Lipinski definition) is 2. The lowest BCUT2D eigenvalue weighted by atomic mass is 10.1. The lowest BCUT2D eigenvalue weighted by molar-refractivity contribution is 0.155. The molecule has 1 heterocycles. The molecule has 0 aliphatic carbocycles. The van der Waals surface area contributed by atoms with Gasteiger partial charge in [-0.1, -0.05) is 0 Å². The van der Waals surface area contributed by atoms with Crippen molar-refractivity contribution < 1.29 is 9.59 Å². The van der Waals surface area contributed by atoms with Crippen molar-refractivity contribution in [1.29, 1.82) is 0 Å². The summed E-state index contributed by atoms with van der Waals surface area (Å²) in [5, 5.41) is 2.73. The number of carbonyl (C=O) groups is 2. The molecule has 0 spiro atoms. The van der Waals surface area contributed by atoms with Crippen LogP contribution in [0, 0.1) is 0 Å². The van der Waals surface area contributed by atoms with Gasteiger partial charge in [0, 0.05) is 24.7 Å². The topological polar surface area (TPSA) is 52.7 Å². The lowest BCUT2D eigenvalue weighted by Gasteiger charge is -2.31. The van der Waals surface area contributed by atoms with Crippen molar-refractivity contribution in [2.75, 3.05) is 13.1 Å². The van der Waals surface area contributed by atoms with E-state index in [4.69, 9.17) is 0 Å². The standard InChI is InChI=1S/C11H21N3O2/c1-8(2)12-9(15)13-6-7-14(10(13)16)11(3,4)5/h8H,6-7H2,1-5H3,(H,12,15). The smallest absolute Gasteiger partial charge is 0.328 e. The second kappa shape index (κ2) is 4.31. The number of nitrogens with one attached hydrogen (secondary N) is 1. The number of urea groups is 2. The zero-order chi connectivity index (χ0) is 12.5. The van der Waals surface area contributed by atoms with Crippen LogP contribution >= 0.6 is 0 Å². The van der Waals surface area contributed by atoms with Gasteiger partial charge in [-0.2, -0.15) is 0 Å². The van der Waals surface area contributed by atoms with Crippen molar-refractivity contribution in [3.8, 4) is 0 Å². The van der Waals surface area contributed by atoms with Crippen molar-refractivity contribution in [2.24, 2.45) is 0 Å². The van der Waals surface area contributed by atoms with E-state index >= 15 is 0 Å². The van der Waals surface area contributed by atoms with Gasteiger partial charge in [-0.05, 0) is 34.6 Å². The van der Waals surface area contributed by atoms with Crippen molar-refractivity contribution in [3.63, 3.8) is 0 Å². The molecule has 0 saturated carbocycles. The fourth-order valence-electron chi connectivity index (χ4n) is 1.67. The normalized spacial score (nSPS) is 17.2. The van der Waals surface area contributed by atoms with E-state index in [1.807, 2.05) is 34.6 Å². The van der Waals surface area contributed by atoms with Crippen LogP contribution < -0.4 is 5.32 Å². The van der Waals surface area contributed by atoms with Crippen LogP contribution in [-0.2, 0) is 0 Å². The summed E-state index contributed by atoms with van der Waals surface area (Å²) in [6.07, 6.45) is 0. The first-order chi connectivity index (χ1) is 7.23. The zero-order valence-electron chi connectivity index (χ0n) is 10.7. The predicted octanol–water partition coefficient (Wildman–Crippen LogP) is 1.64. The maximum Gasteiger partial charge on any atom is 0.328 e. The molecule has 0 radical (unpaired) electrons. The maximum absolute atomic E-state index is 12.0. The van der Waals surface area contributed by atoms with E-state index in [1.54, 1.807) is 4.90 Å². The van der Waals surface area contributed by atoms with Crippen LogP contribution in [0.2, 0.25) is 0 Å². The Morgan fingerprint density at radius 1 is 1.31 bits per heavy atom. The van der Waals surface area contributed by atoms with Crippen molar-refractivity contribution >= 4 is 12.1 Å². The van der Waals surface area contributed by atoms with Gasteiger partial charge in [-0.25, -0.2) is 14.5 Å². The van der Waals surface area contributed by atoms with Crippen LogP contribution in [0.4, 0.5) is 9.59 Å². The van der Waals surface area contributed by atoms with Gasteiger partial charge in [0.15, 0.2) is 0 Å². The third-order valence-electron chi connectivity index (χ3n) is 2.48. The molecule has 1 aliphatic heterocycles. The summed E-state index contributed by atoms with van der Waals surface area (Å²) in [7, 11) is 0. The molecule has 0 aromatic carbocycles. The number of rotatable bonds is 1. The molecule has 0 aromatic heterocycles. The van der Waals surface area contributed by atoms with Crippen LogP contribution in [0.5, 0.6) is 0 Å². The highest BCUT2D eigenvalue weighted by Crippen LogP contribution is 2.20. The van der Waals surface area contributed by atoms with Crippen LogP contribution in [0.1, 0.15) is 34.6 Å². The first-order valence-corrected chi connectivity index (χ1v) is 5.63. The molecule has 5 heteroatoms. The second-order valence-corrected chi connectivity index (χ2v) is 5.36. The molecule has 5 nitrogen and oxygen atoms in total. The molecule has 1 fully saturated rings. The summed E-state index contributed by atoms with van der Waals surface area (Å²) in [6, 6.07) is -0.457. The largest absolute Gasteiger partial charge is 0.335 e. The van der Waals surface area contributed by atoms with E-state index in [9.17, 15) is 9.59 Å². The number of imide groups is 1. The quantitative estimate of drug-likeness (QED) is 0.740. The van der Waals surface area contributed by atoms with Crippen LogP contribution in [0.25, 0.3) is 0 Å². The Morgan fingerprint density at radius 3 is 2.25 bits per heavy atom. The van der Waals surface area contributed by atoms with Gasteiger partial charge in [0.05, 0.1) is 0 Å². The van der Waals surface area contributed by atoms with Crippen LogP contribution in [0.15, 0.2) is 0 Å². The number of hydrogen-bond donors (Lipinski definition) is 1. The highest BCUT2D eigenvalue weighted by atomic mass is 16.2. The van der Waals surface area contributed by atoms with Gasteiger partial charge >= 0.3 is 12.1 Å². The molecular formula is C11H21N3O2. The SMILES string of the molecule is CC(C)NC(=O)N1CCN(C(C)(C)C)C1=O. The lowest BCUT2D eigenvalue weighted by Crippen LogP contribution is -2.48. The van der Waals surface area contributed by atoms with Crippen molar-refractivity contribution in [2.45, 2.75) is 46.2 Å². The van der Waals surface area contributed by atoms with Crippen LogP contribution in [0.3, 0.4) is 0 Å². The maximum atomic E-state index is 12.0. The molecule has 1 saturated heterocycles. The Kier molecular flexibility index (Phi) is 3.45. The second-order valence-electron chi connectivity index (χ2n) is 5.36. The van der Waals surface area contributed by atoms with Crippen molar-refractivity contribution in [3.05, 3.63) is 0 Å². The van der Waals surface area contributed by atoms with E-state index in [0.717, 1.165) is 0 Å². The monoisotopic (exact) mass is 227 g/mol. The average Bonchev–Trinajstić information content (AvgIpc) is 2.44. The molecule has 1 N–H and O–H groups in total. The Labute approximate surface area is 96.8 Å². The summed E-state index contributed by atoms with van der Waals surface area (Å²) in [5.41, 5.74) is -0.232. The summed E-state index contributed by atoms with van der Waals surface area (Å²) in [6.45, 7) is 10.7. The molecule has 4 amide bonds. The fourth-order valence-corrected chi connectivity index (χ4v) is 1.67. The minimum absolute atomic E-state index is 0.0454. The third-order valence-corrected chi connectivity index (χ3v) is 2.48. The molecule has 0 atom stereocenters.